The Bertz CT molecular complexity index is 430. The summed E-state index contributed by atoms with van der Waals surface area (Å²) < 4.78 is 10.3. The zero-order chi connectivity index (χ0) is 13.7. The molecule has 0 saturated heterocycles. The van der Waals surface area contributed by atoms with Crippen molar-refractivity contribution in [2.45, 2.75) is 32.8 Å². The zero-order valence-electron chi connectivity index (χ0n) is 10.6. The second-order valence-electron chi connectivity index (χ2n) is 4.12. The van der Waals surface area contributed by atoms with Crippen LogP contribution in [0.4, 0.5) is 0 Å². The minimum absolute atomic E-state index is 0.0270. The van der Waals surface area contributed by atoms with Crippen molar-refractivity contribution < 1.29 is 14.3 Å². The second-order valence-corrected chi connectivity index (χ2v) is 4.93. The molecule has 0 aliphatic rings. The molecule has 0 fully saturated rings. The molecule has 1 rings (SSSR count). The van der Waals surface area contributed by atoms with Crippen molar-refractivity contribution >= 4 is 29.2 Å². The maximum absolute atomic E-state index is 11.1. The van der Waals surface area contributed by atoms with Crippen molar-refractivity contribution in [2.24, 2.45) is 0 Å². The van der Waals surface area contributed by atoms with Crippen molar-refractivity contribution in [3.63, 3.8) is 0 Å². The van der Waals surface area contributed by atoms with E-state index in [4.69, 9.17) is 27.9 Å². The van der Waals surface area contributed by atoms with Crippen LogP contribution in [0.3, 0.4) is 0 Å². The first-order valence-corrected chi connectivity index (χ1v) is 6.41. The number of methoxy groups -OCH3 is 1. The van der Waals surface area contributed by atoms with Gasteiger partial charge in [0, 0.05) is 12.5 Å². The fourth-order valence-corrected chi connectivity index (χ4v) is 1.81. The number of carbonyl (C=O) groups is 1. The molecule has 0 unspecified atom stereocenters. The van der Waals surface area contributed by atoms with Gasteiger partial charge in [0.05, 0.1) is 23.3 Å². The van der Waals surface area contributed by atoms with E-state index in [1.807, 2.05) is 13.8 Å². The van der Waals surface area contributed by atoms with E-state index in [0.29, 0.717) is 22.2 Å². The summed E-state index contributed by atoms with van der Waals surface area (Å²) in [4.78, 5) is 11.1. The maximum atomic E-state index is 11.1. The van der Waals surface area contributed by atoms with Crippen molar-refractivity contribution in [1.29, 1.82) is 0 Å². The predicted octanol–water partition coefficient (Wildman–Crippen LogP) is 3.89. The van der Waals surface area contributed by atoms with Gasteiger partial charge in [-0.1, -0.05) is 23.2 Å². The number of benzene rings is 1. The SMILES string of the molecule is COC(=O)CCc1cc(Cl)c(Cl)cc1OC(C)C. The molecule has 5 heteroatoms. The molecule has 0 saturated carbocycles. The lowest BCUT2D eigenvalue weighted by molar-refractivity contribution is -0.140. The normalized spacial score (nSPS) is 10.6. The first kappa shape index (κ1) is 15.1. The lowest BCUT2D eigenvalue weighted by Crippen LogP contribution is -2.09. The number of hydrogen-bond acceptors (Lipinski definition) is 3. The summed E-state index contributed by atoms with van der Waals surface area (Å²) in [6.07, 6.45) is 0.813. The molecule has 3 nitrogen and oxygen atoms in total. The van der Waals surface area contributed by atoms with Gasteiger partial charge in [-0.25, -0.2) is 0 Å². The summed E-state index contributed by atoms with van der Waals surface area (Å²) in [5, 5.41) is 0.891. The van der Waals surface area contributed by atoms with Crippen LogP contribution in [0.5, 0.6) is 5.75 Å². The van der Waals surface area contributed by atoms with Crippen molar-refractivity contribution in [1.82, 2.24) is 0 Å². The van der Waals surface area contributed by atoms with Crippen LogP contribution in [-0.4, -0.2) is 19.2 Å². The summed E-state index contributed by atoms with van der Waals surface area (Å²) >= 11 is 11.9. The average Bonchev–Trinajstić information content (AvgIpc) is 2.30. The zero-order valence-corrected chi connectivity index (χ0v) is 12.1. The van der Waals surface area contributed by atoms with Crippen molar-refractivity contribution in [3.05, 3.63) is 27.7 Å². The van der Waals surface area contributed by atoms with Gasteiger partial charge in [0.1, 0.15) is 5.75 Å². The van der Waals surface area contributed by atoms with Gasteiger partial charge in [-0.05, 0) is 31.9 Å². The quantitative estimate of drug-likeness (QED) is 0.772. The number of esters is 1. The van der Waals surface area contributed by atoms with Crippen LogP contribution in [0.25, 0.3) is 0 Å². The first-order valence-electron chi connectivity index (χ1n) is 5.65. The molecular weight excluding hydrogens is 275 g/mol. The van der Waals surface area contributed by atoms with Gasteiger partial charge in [-0.15, -0.1) is 0 Å². The van der Waals surface area contributed by atoms with E-state index < -0.39 is 0 Å². The van der Waals surface area contributed by atoms with Crippen LogP contribution in [0, 0.1) is 0 Å². The molecular formula is C13H16Cl2O3. The fourth-order valence-electron chi connectivity index (χ4n) is 1.47. The molecule has 0 aliphatic carbocycles. The number of carbonyl (C=O) groups excluding carboxylic acids is 1. The monoisotopic (exact) mass is 290 g/mol. The molecule has 1 aromatic rings. The predicted molar refractivity (Wildman–Crippen MR) is 72.6 cm³/mol. The van der Waals surface area contributed by atoms with E-state index in [0.717, 1.165) is 5.56 Å². The second kappa shape index (κ2) is 6.86. The highest BCUT2D eigenvalue weighted by molar-refractivity contribution is 6.42. The average molecular weight is 291 g/mol. The van der Waals surface area contributed by atoms with Gasteiger partial charge >= 0.3 is 5.97 Å². The molecule has 1 aromatic carbocycles. The third-order valence-corrected chi connectivity index (χ3v) is 3.01. The largest absolute Gasteiger partial charge is 0.491 e. The van der Waals surface area contributed by atoms with Crippen LogP contribution in [0.15, 0.2) is 12.1 Å². The van der Waals surface area contributed by atoms with Gasteiger partial charge < -0.3 is 9.47 Å². The molecule has 0 atom stereocenters. The van der Waals surface area contributed by atoms with Crippen LogP contribution in [-0.2, 0) is 16.0 Å². The Balaban J connectivity index is 2.92. The van der Waals surface area contributed by atoms with Gasteiger partial charge in [-0.2, -0.15) is 0 Å². The number of ether oxygens (including phenoxy) is 2. The summed E-state index contributed by atoms with van der Waals surface area (Å²) in [7, 11) is 1.36. The minimum atomic E-state index is -0.267. The molecule has 0 amide bonds. The van der Waals surface area contributed by atoms with E-state index in [9.17, 15) is 4.79 Å². The van der Waals surface area contributed by atoms with E-state index >= 15 is 0 Å². The maximum Gasteiger partial charge on any atom is 0.305 e. The molecule has 100 valence electrons. The van der Waals surface area contributed by atoms with Crippen molar-refractivity contribution in [2.75, 3.05) is 7.11 Å². The number of halogens is 2. The minimum Gasteiger partial charge on any atom is -0.491 e. The third-order valence-electron chi connectivity index (χ3n) is 2.29. The Kier molecular flexibility index (Phi) is 5.76. The lowest BCUT2D eigenvalue weighted by atomic mass is 10.1. The Morgan fingerprint density at radius 1 is 1.28 bits per heavy atom. The van der Waals surface area contributed by atoms with Crippen LogP contribution < -0.4 is 4.74 Å². The van der Waals surface area contributed by atoms with Crippen molar-refractivity contribution in [3.8, 4) is 5.75 Å². The smallest absolute Gasteiger partial charge is 0.305 e. The number of rotatable bonds is 5. The van der Waals surface area contributed by atoms with Crippen LogP contribution >= 0.6 is 23.2 Å². The molecule has 0 radical (unpaired) electrons. The Morgan fingerprint density at radius 3 is 2.44 bits per heavy atom. The highest BCUT2D eigenvalue weighted by Crippen LogP contribution is 2.32. The summed E-state index contributed by atoms with van der Waals surface area (Å²) in [6.45, 7) is 3.85. The molecule has 0 aliphatic heterocycles. The standard InChI is InChI=1S/C13H16Cl2O3/c1-8(2)18-12-7-11(15)10(14)6-9(12)4-5-13(16)17-3/h6-8H,4-5H2,1-3H3. The van der Waals surface area contributed by atoms with E-state index in [1.165, 1.54) is 7.11 Å². The Hall–Kier alpha value is -0.930. The Morgan fingerprint density at radius 2 is 1.89 bits per heavy atom. The third kappa shape index (κ3) is 4.39. The van der Waals surface area contributed by atoms with E-state index in [-0.39, 0.29) is 18.5 Å². The summed E-state index contributed by atoms with van der Waals surface area (Å²) in [5.41, 5.74) is 0.850. The molecule has 0 N–H and O–H groups in total. The topological polar surface area (TPSA) is 35.5 Å². The first-order chi connectivity index (χ1) is 8.43. The van der Waals surface area contributed by atoms with Gasteiger partial charge in [0.25, 0.3) is 0 Å². The van der Waals surface area contributed by atoms with Gasteiger partial charge in [0.15, 0.2) is 0 Å². The summed E-state index contributed by atoms with van der Waals surface area (Å²) in [6, 6.07) is 3.40. The Labute approximate surface area is 117 Å². The number of hydrogen-bond donors (Lipinski definition) is 0. The lowest BCUT2D eigenvalue weighted by Gasteiger charge is -2.15. The highest BCUT2D eigenvalue weighted by atomic mass is 35.5. The van der Waals surface area contributed by atoms with Gasteiger partial charge in [0.2, 0.25) is 0 Å². The molecule has 0 aromatic heterocycles. The molecule has 0 heterocycles. The number of aryl methyl sites for hydroxylation is 1. The highest BCUT2D eigenvalue weighted by Gasteiger charge is 2.12. The summed E-state index contributed by atoms with van der Waals surface area (Å²) in [5.74, 6) is 0.389. The molecule has 0 bridgehead atoms. The van der Waals surface area contributed by atoms with E-state index in [1.54, 1.807) is 12.1 Å². The molecule has 18 heavy (non-hydrogen) atoms. The van der Waals surface area contributed by atoms with Crippen LogP contribution in [0.2, 0.25) is 10.0 Å². The van der Waals surface area contributed by atoms with Gasteiger partial charge in [-0.3, -0.25) is 4.79 Å². The van der Waals surface area contributed by atoms with E-state index in [2.05, 4.69) is 4.74 Å². The fraction of sp³-hybridized carbons (Fsp3) is 0.462. The molecule has 0 spiro atoms. The van der Waals surface area contributed by atoms with Crippen LogP contribution in [0.1, 0.15) is 25.8 Å².